The number of hydrogen-bond donors (Lipinski definition) is 2. The highest BCUT2D eigenvalue weighted by Crippen LogP contribution is 2.21. The third kappa shape index (κ3) is 2.92. The number of aromatic nitrogens is 1. The van der Waals surface area contributed by atoms with Gasteiger partial charge in [0, 0.05) is 11.2 Å². The van der Waals surface area contributed by atoms with Gasteiger partial charge in [0.05, 0.1) is 23.0 Å². The first-order valence-electron chi connectivity index (χ1n) is 5.42. The molecule has 0 bridgehead atoms. The first kappa shape index (κ1) is 14.0. The number of carbonyl (C=O) groups is 2. The third-order valence-electron chi connectivity index (χ3n) is 2.48. The second-order valence-corrected chi connectivity index (χ2v) is 4.24. The maximum atomic E-state index is 13.4. The Labute approximate surface area is 118 Å². The normalized spacial score (nSPS) is 10.1. The topological polar surface area (TPSA) is 79.3 Å². The predicted molar refractivity (Wildman–Crippen MR) is 70.6 cm³/mol. The van der Waals surface area contributed by atoms with Gasteiger partial charge in [-0.15, -0.1) is 0 Å². The fourth-order valence-corrected chi connectivity index (χ4v) is 1.72. The van der Waals surface area contributed by atoms with Crippen LogP contribution in [0.15, 0.2) is 36.7 Å². The lowest BCUT2D eigenvalue weighted by molar-refractivity contribution is 0.0698. The summed E-state index contributed by atoms with van der Waals surface area (Å²) in [7, 11) is 0. The molecule has 7 heteroatoms. The molecule has 2 N–H and O–H groups in total. The molecule has 0 aliphatic heterocycles. The summed E-state index contributed by atoms with van der Waals surface area (Å²) < 4.78 is 13.4. The van der Waals surface area contributed by atoms with Crippen LogP contribution >= 0.6 is 11.6 Å². The van der Waals surface area contributed by atoms with E-state index in [1.54, 1.807) is 0 Å². The molecule has 0 spiro atoms. The number of amides is 1. The number of carbonyl (C=O) groups excluding carboxylic acids is 1. The molecule has 20 heavy (non-hydrogen) atoms. The molecule has 2 rings (SSSR count). The molecule has 0 fully saturated rings. The molecule has 1 heterocycles. The number of anilines is 1. The second kappa shape index (κ2) is 5.66. The van der Waals surface area contributed by atoms with Gasteiger partial charge < -0.3 is 10.4 Å². The zero-order chi connectivity index (χ0) is 14.7. The van der Waals surface area contributed by atoms with Crippen molar-refractivity contribution in [3.05, 3.63) is 58.6 Å². The number of benzene rings is 1. The summed E-state index contributed by atoms with van der Waals surface area (Å²) in [4.78, 5) is 26.5. The monoisotopic (exact) mass is 294 g/mol. The fourth-order valence-electron chi connectivity index (χ4n) is 1.55. The fraction of sp³-hybridized carbons (Fsp3) is 0. The van der Waals surface area contributed by atoms with E-state index in [0.717, 1.165) is 6.20 Å². The molecule has 0 aliphatic carbocycles. The molecule has 0 aliphatic rings. The molecule has 0 unspecified atom stereocenters. The predicted octanol–water partition coefficient (Wildman–Crippen LogP) is 2.82. The molecule has 102 valence electrons. The number of pyridine rings is 1. The molecular formula is C13H8ClFN2O3. The Morgan fingerprint density at radius 3 is 2.65 bits per heavy atom. The average Bonchev–Trinajstić information content (AvgIpc) is 2.41. The van der Waals surface area contributed by atoms with Crippen molar-refractivity contribution in [3.8, 4) is 0 Å². The van der Waals surface area contributed by atoms with Gasteiger partial charge in [-0.1, -0.05) is 11.6 Å². The van der Waals surface area contributed by atoms with Crippen molar-refractivity contribution < 1.29 is 19.1 Å². The van der Waals surface area contributed by atoms with Gasteiger partial charge in [-0.3, -0.25) is 9.78 Å². The van der Waals surface area contributed by atoms with Crippen LogP contribution in [0, 0.1) is 5.82 Å². The van der Waals surface area contributed by atoms with Crippen LogP contribution in [0.2, 0.25) is 5.02 Å². The van der Waals surface area contributed by atoms with Crippen LogP contribution in [0.25, 0.3) is 0 Å². The molecule has 1 aromatic heterocycles. The summed E-state index contributed by atoms with van der Waals surface area (Å²) in [5.74, 6) is -2.82. The number of carboxylic acids is 1. The van der Waals surface area contributed by atoms with Crippen LogP contribution in [0.1, 0.15) is 20.7 Å². The zero-order valence-corrected chi connectivity index (χ0v) is 10.7. The van der Waals surface area contributed by atoms with E-state index < -0.39 is 17.7 Å². The van der Waals surface area contributed by atoms with Crippen LogP contribution in [-0.4, -0.2) is 22.0 Å². The average molecular weight is 295 g/mol. The van der Waals surface area contributed by atoms with Gasteiger partial charge in [-0.25, -0.2) is 9.18 Å². The Morgan fingerprint density at radius 2 is 2.00 bits per heavy atom. The summed E-state index contributed by atoms with van der Waals surface area (Å²) in [5.41, 5.74) is -0.380. The highest BCUT2D eigenvalue weighted by atomic mass is 35.5. The maximum Gasteiger partial charge on any atom is 0.337 e. The summed E-state index contributed by atoms with van der Waals surface area (Å²) in [6, 6.07) is 5.15. The van der Waals surface area contributed by atoms with Crippen molar-refractivity contribution in [2.75, 3.05) is 5.32 Å². The summed E-state index contributed by atoms with van der Waals surface area (Å²) in [5, 5.41) is 11.6. The van der Waals surface area contributed by atoms with Crippen molar-refractivity contribution in [3.63, 3.8) is 0 Å². The molecule has 1 aromatic carbocycles. The highest BCUT2D eigenvalue weighted by molar-refractivity contribution is 6.31. The van der Waals surface area contributed by atoms with E-state index in [1.807, 2.05) is 0 Å². The van der Waals surface area contributed by atoms with Crippen molar-refractivity contribution in [1.82, 2.24) is 4.98 Å². The van der Waals surface area contributed by atoms with E-state index >= 15 is 0 Å². The van der Waals surface area contributed by atoms with Crippen molar-refractivity contribution >= 4 is 29.2 Å². The number of carboxylic acid groups (broad SMARTS) is 1. The maximum absolute atomic E-state index is 13.4. The molecule has 0 atom stereocenters. The Bertz CT molecular complexity index is 691. The van der Waals surface area contributed by atoms with E-state index in [9.17, 15) is 14.0 Å². The van der Waals surface area contributed by atoms with Crippen LogP contribution in [0.3, 0.4) is 0 Å². The molecule has 0 saturated heterocycles. The van der Waals surface area contributed by atoms with E-state index in [0.29, 0.717) is 0 Å². The van der Waals surface area contributed by atoms with Gasteiger partial charge in [-0.05, 0) is 24.3 Å². The minimum Gasteiger partial charge on any atom is -0.478 e. The molecule has 2 aromatic rings. The minimum absolute atomic E-state index is 0.0307. The smallest absolute Gasteiger partial charge is 0.337 e. The SMILES string of the molecule is O=C(Nc1ccc(Cl)cc1C(=O)O)c1ccncc1F. The molecule has 5 nitrogen and oxygen atoms in total. The molecular weight excluding hydrogens is 287 g/mol. The van der Waals surface area contributed by atoms with E-state index in [1.165, 1.54) is 30.5 Å². The van der Waals surface area contributed by atoms with Gasteiger partial charge in [0.25, 0.3) is 5.91 Å². The van der Waals surface area contributed by atoms with E-state index in [4.69, 9.17) is 16.7 Å². The first-order chi connectivity index (χ1) is 9.49. The summed E-state index contributed by atoms with van der Waals surface area (Å²) in [6.45, 7) is 0. The number of hydrogen-bond acceptors (Lipinski definition) is 3. The Balaban J connectivity index is 2.33. The molecule has 1 amide bonds. The molecule has 0 saturated carbocycles. The number of nitrogens with one attached hydrogen (secondary N) is 1. The largest absolute Gasteiger partial charge is 0.478 e. The quantitative estimate of drug-likeness (QED) is 0.912. The van der Waals surface area contributed by atoms with Crippen LogP contribution in [0.5, 0.6) is 0 Å². The zero-order valence-electron chi connectivity index (χ0n) is 9.93. The lowest BCUT2D eigenvalue weighted by atomic mass is 10.1. The number of aromatic carboxylic acids is 1. The van der Waals surface area contributed by atoms with Gasteiger partial charge in [0.15, 0.2) is 5.82 Å². The van der Waals surface area contributed by atoms with E-state index in [-0.39, 0.29) is 21.8 Å². The van der Waals surface area contributed by atoms with Crippen LogP contribution in [-0.2, 0) is 0 Å². The number of rotatable bonds is 3. The minimum atomic E-state index is -1.25. The summed E-state index contributed by atoms with van der Waals surface area (Å²) in [6.07, 6.45) is 2.16. The van der Waals surface area contributed by atoms with Gasteiger partial charge in [0.2, 0.25) is 0 Å². The molecule has 0 radical (unpaired) electrons. The number of halogens is 2. The second-order valence-electron chi connectivity index (χ2n) is 3.80. The standard InChI is InChI=1S/C13H8ClFN2O3/c14-7-1-2-11(9(5-7)13(19)20)17-12(18)8-3-4-16-6-10(8)15/h1-6H,(H,17,18)(H,19,20). The Morgan fingerprint density at radius 1 is 1.25 bits per heavy atom. The summed E-state index contributed by atoms with van der Waals surface area (Å²) >= 11 is 5.70. The third-order valence-corrected chi connectivity index (χ3v) is 2.71. The first-order valence-corrected chi connectivity index (χ1v) is 5.80. The van der Waals surface area contributed by atoms with Gasteiger partial charge in [0.1, 0.15) is 0 Å². The van der Waals surface area contributed by atoms with Gasteiger partial charge in [-0.2, -0.15) is 0 Å². The highest BCUT2D eigenvalue weighted by Gasteiger charge is 2.16. The lowest BCUT2D eigenvalue weighted by Gasteiger charge is -2.09. The van der Waals surface area contributed by atoms with E-state index in [2.05, 4.69) is 10.3 Å². The lowest BCUT2D eigenvalue weighted by Crippen LogP contribution is -2.16. The Hall–Kier alpha value is -2.47. The van der Waals surface area contributed by atoms with Crippen molar-refractivity contribution in [2.24, 2.45) is 0 Å². The van der Waals surface area contributed by atoms with Crippen molar-refractivity contribution in [2.45, 2.75) is 0 Å². The van der Waals surface area contributed by atoms with Crippen LogP contribution in [0.4, 0.5) is 10.1 Å². The number of nitrogens with zero attached hydrogens (tertiary/aromatic N) is 1. The van der Waals surface area contributed by atoms with Crippen molar-refractivity contribution in [1.29, 1.82) is 0 Å². The Kier molecular flexibility index (Phi) is 3.95. The van der Waals surface area contributed by atoms with Gasteiger partial charge >= 0.3 is 5.97 Å². The van der Waals surface area contributed by atoms with Crippen LogP contribution < -0.4 is 5.32 Å².